The zero-order valence-electron chi connectivity index (χ0n) is 19.2. The predicted octanol–water partition coefficient (Wildman–Crippen LogP) is 6.54. The van der Waals surface area contributed by atoms with Crippen molar-refractivity contribution in [3.8, 4) is 0 Å². The molecule has 0 unspecified atom stereocenters. The first-order chi connectivity index (χ1) is 15.8. The number of hydrogen-bond donors (Lipinski definition) is 1. The van der Waals surface area contributed by atoms with Gasteiger partial charge in [-0.05, 0) is 80.5 Å². The zero-order valence-corrected chi connectivity index (χ0v) is 20.8. The number of nitrogens with one attached hydrogen (secondary N) is 1. The van der Waals surface area contributed by atoms with Gasteiger partial charge in [-0.3, -0.25) is 4.98 Å². The molecule has 3 aromatic rings. The van der Waals surface area contributed by atoms with Gasteiger partial charge in [-0.2, -0.15) is 0 Å². The van der Waals surface area contributed by atoms with Crippen molar-refractivity contribution in [1.82, 2.24) is 10.3 Å². The molecule has 1 saturated heterocycles. The van der Waals surface area contributed by atoms with E-state index in [9.17, 15) is 0 Å². The van der Waals surface area contributed by atoms with E-state index in [0.717, 1.165) is 27.7 Å². The Balaban J connectivity index is 1.70. The number of nitrogens with zero attached hydrogens (tertiary/aromatic N) is 3. The summed E-state index contributed by atoms with van der Waals surface area (Å²) in [7, 11) is 2.12. The minimum absolute atomic E-state index is 0.0784. The fourth-order valence-corrected chi connectivity index (χ4v) is 5.57. The van der Waals surface area contributed by atoms with E-state index < -0.39 is 0 Å². The Labute approximate surface area is 205 Å². The summed E-state index contributed by atoms with van der Waals surface area (Å²) in [6, 6.07) is 20.3. The van der Waals surface area contributed by atoms with Crippen LogP contribution in [0, 0.1) is 0 Å². The van der Waals surface area contributed by atoms with Crippen LogP contribution in [0.4, 0.5) is 11.4 Å². The molecule has 0 aliphatic carbocycles. The van der Waals surface area contributed by atoms with Gasteiger partial charge in [0.05, 0.1) is 23.3 Å². The number of thiocarbonyl (C=S) groups is 1. The van der Waals surface area contributed by atoms with E-state index in [1.807, 2.05) is 42.6 Å². The largest absolute Gasteiger partial charge is 0.365 e. The maximum Gasteiger partial charge on any atom is 0.174 e. The quantitative estimate of drug-likeness (QED) is 0.435. The molecule has 6 heteroatoms. The molecular weight excluding hydrogens is 448 g/mol. The van der Waals surface area contributed by atoms with Crippen LogP contribution >= 0.6 is 23.8 Å². The van der Waals surface area contributed by atoms with Crippen molar-refractivity contribution in [3.63, 3.8) is 0 Å². The standard InChI is InChI=1S/C27H27ClN4S/c1-17-16-27(2,3)31(4)23-15-21(28)20(14-19(17)23)25-24(22-12-8-9-13-29-22)30-26(33)32(25)18-10-6-5-7-11-18/h5-16,24-25H,1-4H3,(H,30,33)/t24-,25+/m0/s1. The molecule has 2 atom stereocenters. The summed E-state index contributed by atoms with van der Waals surface area (Å²) in [6.07, 6.45) is 4.14. The van der Waals surface area contributed by atoms with Crippen LogP contribution in [-0.2, 0) is 0 Å². The second-order valence-corrected chi connectivity index (χ2v) is 10.1. The molecule has 5 rings (SSSR count). The smallest absolute Gasteiger partial charge is 0.174 e. The van der Waals surface area contributed by atoms with E-state index in [-0.39, 0.29) is 17.6 Å². The lowest BCUT2D eigenvalue weighted by Gasteiger charge is -2.41. The number of allylic oxidation sites excluding steroid dienone is 1. The highest BCUT2D eigenvalue weighted by molar-refractivity contribution is 7.80. The number of para-hydroxylation sites is 1. The van der Waals surface area contributed by atoms with Gasteiger partial charge in [-0.25, -0.2) is 0 Å². The molecule has 1 aromatic heterocycles. The molecule has 0 radical (unpaired) electrons. The van der Waals surface area contributed by atoms with Crippen LogP contribution in [0.2, 0.25) is 5.02 Å². The maximum atomic E-state index is 7.04. The molecule has 0 spiro atoms. The van der Waals surface area contributed by atoms with Gasteiger partial charge < -0.3 is 15.1 Å². The van der Waals surface area contributed by atoms with E-state index in [1.54, 1.807) is 0 Å². The molecule has 0 saturated carbocycles. The molecule has 4 nitrogen and oxygen atoms in total. The molecule has 1 N–H and O–H groups in total. The Kier molecular flexibility index (Phi) is 5.42. The van der Waals surface area contributed by atoms with Crippen LogP contribution in [0.3, 0.4) is 0 Å². The first kappa shape index (κ1) is 21.9. The van der Waals surface area contributed by atoms with Crippen molar-refractivity contribution in [2.75, 3.05) is 16.8 Å². The van der Waals surface area contributed by atoms with Gasteiger partial charge >= 0.3 is 0 Å². The first-order valence-electron chi connectivity index (χ1n) is 11.1. The molecule has 168 valence electrons. The minimum atomic E-state index is -0.138. The van der Waals surface area contributed by atoms with E-state index >= 15 is 0 Å². The Hall–Kier alpha value is -2.89. The summed E-state index contributed by atoms with van der Waals surface area (Å²) in [5.74, 6) is 0. The summed E-state index contributed by atoms with van der Waals surface area (Å²) < 4.78 is 0. The fourth-order valence-electron chi connectivity index (χ4n) is 4.95. The number of likely N-dealkylation sites (N-methyl/N-ethyl adjacent to an activating group) is 1. The van der Waals surface area contributed by atoms with Crippen molar-refractivity contribution >= 4 is 45.9 Å². The Morgan fingerprint density at radius 1 is 1.06 bits per heavy atom. The van der Waals surface area contributed by atoms with Crippen molar-refractivity contribution in [3.05, 3.63) is 94.8 Å². The van der Waals surface area contributed by atoms with E-state index in [1.165, 1.54) is 11.1 Å². The monoisotopic (exact) mass is 474 g/mol. The number of rotatable bonds is 3. The van der Waals surface area contributed by atoms with E-state index in [4.69, 9.17) is 23.8 Å². The van der Waals surface area contributed by atoms with Gasteiger partial charge in [-0.1, -0.05) is 41.9 Å². The second-order valence-electron chi connectivity index (χ2n) is 9.26. The highest BCUT2D eigenvalue weighted by Crippen LogP contribution is 2.47. The lowest BCUT2D eigenvalue weighted by Crippen LogP contribution is -2.42. The summed E-state index contributed by atoms with van der Waals surface area (Å²) in [6.45, 7) is 6.61. The third-order valence-electron chi connectivity index (χ3n) is 6.79. The molecular formula is C27H27ClN4S. The van der Waals surface area contributed by atoms with Crippen LogP contribution < -0.4 is 15.1 Å². The lowest BCUT2D eigenvalue weighted by molar-refractivity contribution is 0.567. The third kappa shape index (κ3) is 3.69. The van der Waals surface area contributed by atoms with Crippen molar-refractivity contribution in [1.29, 1.82) is 0 Å². The molecule has 0 amide bonds. The molecule has 2 aliphatic rings. The van der Waals surface area contributed by atoms with Crippen LogP contribution in [-0.4, -0.2) is 22.7 Å². The summed E-state index contributed by atoms with van der Waals surface area (Å²) in [4.78, 5) is 9.10. The molecule has 33 heavy (non-hydrogen) atoms. The number of pyridine rings is 1. The summed E-state index contributed by atoms with van der Waals surface area (Å²) >= 11 is 12.9. The number of benzene rings is 2. The van der Waals surface area contributed by atoms with Crippen LogP contribution in [0.25, 0.3) is 5.57 Å². The normalized spacial score (nSPS) is 21.5. The number of anilines is 2. The Morgan fingerprint density at radius 3 is 2.48 bits per heavy atom. The molecule has 2 aliphatic heterocycles. The second kappa shape index (κ2) is 8.15. The fraction of sp³-hybridized carbons (Fsp3) is 0.259. The highest BCUT2D eigenvalue weighted by Gasteiger charge is 2.42. The molecule has 1 fully saturated rings. The van der Waals surface area contributed by atoms with Crippen molar-refractivity contribution in [2.24, 2.45) is 0 Å². The van der Waals surface area contributed by atoms with Gasteiger partial charge in [0, 0.05) is 35.2 Å². The van der Waals surface area contributed by atoms with E-state index in [2.05, 4.69) is 78.3 Å². The van der Waals surface area contributed by atoms with Crippen molar-refractivity contribution in [2.45, 2.75) is 38.4 Å². The van der Waals surface area contributed by atoms with Crippen molar-refractivity contribution < 1.29 is 0 Å². The van der Waals surface area contributed by atoms with Gasteiger partial charge in [0.15, 0.2) is 5.11 Å². The minimum Gasteiger partial charge on any atom is -0.365 e. The summed E-state index contributed by atoms with van der Waals surface area (Å²) in [5.41, 5.74) is 6.50. The molecule has 3 heterocycles. The first-order valence-corrected chi connectivity index (χ1v) is 11.9. The van der Waals surface area contributed by atoms with Gasteiger partial charge in [0.25, 0.3) is 0 Å². The van der Waals surface area contributed by atoms with Gasteiger partial charge in [0.2, 0.25) is 0 Å². The Bertz CT molecular complexity index is 1240. The predicted molar refractivity (Wildman–Crippen MR) is 142 cm³/mol. The maximum absolute atomic E-state index is 7.04. The van der Waals surface area contributed by atoms with E-state index in [0.29, 0.717) is 5.11 Å². The lowest BCUT2D eigenvalue weighted by atomic mass is 9.86. The van der Waals surface area contributed by atoms with Crippen LogP contribution in [0.15, 0.2) is 72.9 Å². The number of fused-ring (bicyclic) bond motifs is 1. The Morgan fingerprint density at radius 2 is 1.79 bits per heavy atom. The third-order valence-corrected chi connectivity index (χ3v) is 7.43. The van der Waals surface area contributed by atoms with Crippen LogP contribution in [0.1, 0.15) is 49.7 Å². The molecule has 2 aromatic carbocycles. The number of aromatic nitrogens is 1. The topological polar surface area (TPSA) is 31.4 Å². The SMILES string of the molecule is CC1=CC(C)(C)N(C)c2cc(Cl)c([C@@H]3[C@H](c4ccccn4)NC(=S)N3c3ccccc3)cc21. The van der Waals surface area contributed by atoms with Gasteiger partial charge in [-0.15, -0.1) is 0 Å². The highest BCUT2D eigenvalue weighted by atomic mass is 35.5. The van der Waals surface area contributed by atoms with Gasteiger partial charge in [0.1, 0.15) is 0 Å². The number of halogens is 1. The molecule has 0 bridgehead atoms. The average molecular weight is 475 g/mol. The number of hydrogen-bond acceptors (Lipinski definition) is 3. The zero-order chi connectivity index (χ0) is 23.3. The van der Waals surface area contributed by atoms with Crippen LogP contribution in [0.5, 0.6) is 0 Å². The average Bonchev–Trinajstić information content (AvgIpc) is 3.15. The summed E-state index contributed by atoms with van der Waals surface area (Å²) in [5, 5.41) is 4.91.